The average molecular weight is 359 g/mol. The first-order valence-electron chi connectivity index (χ1n) is 8.80. The average Bonchev–Trinajstić information content (AvgIpc) is 3.13. The molecule has 0 radical (unpaired) electrons. The molecule has 2 N–H and O–H groups in total. The summed E-state index contributed by atoms with van der Waals surface area (Å²) in [5, 5.41) is 9.95. The van der Waals surface area contributed by atoms with Gasteiger partial charge in [0.1, 0.15) is 0 Å². The Hall–Kier alpha value is -2.45. The molecule has 1 fully saturated rings. The Morgan fingerprint density at radius 1 is 1.46 bits per heavy atom. The van der Waals surface area contributed by atoms with Crippen molar-refractivity contribution in [1.29, 1.82) is 0 Å². The van der Waals surface area contributed by atoms with Gasteiger partial charge in [-0.2, -0.15) is 5.10 Å². The summed E-state index contributed by atoms with van der Waals surface area (Å²) in [6.45, 7) is 2.73. The third-order valence-corrected chi connectivity index (χ3v) is 4.28. The van der Waals surface area contributed by atoms with Crippen LogP contribution in [-0.4, -0.2) is 52.4 Å². The van der Waals surface area contributed by atoms with Gasteiger partial charge in [-0.05, 0) is 30.5 Å². The number of piperidine rings is 1. The van der Waals surface area contributed by atoms with Crippen LogP contribution in [0.4, 0.5) is 4.79 Å². The molecule has 0 aliphatic carbocycles. The summed E-state index contributed by atoms with van der Waals surface area (Å²) in [7, 11) is 1.62. The zero-order chi connectivity index (χ0) is 18.2. The Bertz CT molecular complexity index is 691. The van der Waals surface area contributed by atoms with Crippen LogP contribution in [0.25, 0.3) is 0 Å². The number of aromatic nitrogens is 3. The number of nitrogens with one attached hydrogen (secondary N) is 2. The molecular formula is C18H25N5O3. The van der Waals surface area contributed by atoms with E-state index in [2.05, 4.69) is 20.5 Å². The van der Waals surface area contributed by atoms with Crippen molar-refractivity contribution in [2.75, 3.05) is 20.2 Å². The van der Waals surface area contributed by atoms with Gasteiger partial charge in [-0.25, -0.2) is 4.79 Å². The lowest BCUT2D eigenvalue weighted by molar-refractivity contribution is -0.000466. The zero-order valence-corrected chi connectivity index (χ0v) is 15.0. The third-order valence-electron chi connectivity index (χ3n) is 4.28. The molecule has 1 aliphatic rings. The van der Waals surface area contributed by atoms with Gasteiger partial charge in [-0.3, -0.25) is 10.1 Å². The SMILES string of the molecule is COCc1cc(CNC(=O)N2CCCC(OCc3cccnc3)C2)[nH]n1. The van der Waals surface area contributed by atoms with Gasteiger partial charge in [0.25, 0.3) is 0 Å². The summed E-state index contributed by atoms with van der Waals surface area (Å²) in [6.07, 6.45) is 5.50. The minimum atomic E-state index is -0.0810. The lowest BCUT2D eigenvalue weighted by Gasteiger charge is -2.32. The van der Waals surface area contributed by atoms with E-state index in [9.17, 15) is 4.79 Å². The number of carbonyl (C=O) groups is 1. The number of aromatic amines is 1. The van der Waals surface area contributed by atoms with Gasteiger partial charge < -0.3 is 19.7 Å². The van der Waals surface area contributed by atoms with Crippen LogP contribution in [-0.2, 0) is 29.2 Å². The number of urea groups is 1. The maximum atomic E-state index is 12.4. The number of methoxy groups -OCH3 is 1. The van der Waals surface area contributed by atoms with Crippen molar-refractivity contribution in [3.63, 3.8) is 0 Å². The highest BCUT2D eigenvalue weighted by Gasteiger charge is 2.24. The number of hydrogen-bond acceptors (Lipinski definition) is 5. The predicted octanol–water partition coefficient (Wildman–Crippen LogP) is 1.84. The molecule has 2 aromatic rings. The first-order chi connectivity index (χ1) is 12.7. The molecule has 1 aliphatic heterocycles. The van der Waals surface area contributed by atoms with E-state index in [1.165, 1.54) is 0 Å². The Labute approximate surface area is 152 Å². The molecule has 2 aromatic heterocycles. The van der Waals surface area contributed by atoms with E-state index < -0.39 is 0 Å². The summed E-state index contributed by atoms with van der Waals surface area (Å²) < 4.78 is 11.0. The highest BCUT2D eigenvalue weighted by atomic mass is 16.5. The van der Waals surface area contributed by atoms with Crippen LogP contribution in [0, 0.1) is 0 Å². The number of pyridine rings is 1. The van der Waals surface area contributed by atoms with Crippen LogP contribution in [0.5, 0.6) is 0 Å². The number of rotatable bonds is 7. The van der Waals surface area contributed by atoms with E-state index in [0.29, 0.717) is 26.3 Å². The number of nitrogens with zero attached hydrogens (tertiary/aromatic N) is 3. The van der Waals surface area contributed by atoms with Crippen molar-refractivity contribution >= 4 is 6.03 Å². The molecule has 26 heavy (non-hydrogen) atoms. The molecular weight excluding hydrogens is 334 g/mol. The van der Waals surface area contributed by atoms with Gasteiger partial charge in [0.2, 0.25) is 0 Å². The summed E-state index contributed by atoms with van der Waals surface area (Å²) in [5.74, 6) is 0. The Morgan fingerprint density at radius 2 is 2.38 bits per heavy atom. The molecule has 1 unspecified atom stereocenters. The van der Waals surface area contributed by atoms with Gasteiger partial charge in [0.05, 0.1) is 37.3 Å². The van der Waals surface area contributed by atoms with E-state index in [4.69, 9.17) is 9.47 Å². The van der Waals surface area contributed by atoms with E-state index >= 15 is 0 Å². The van der Waals surface area contributed by atoms with E-state index in [-0.39, 0.29) is 12.1 Å². The van der Waals surface area contributed by atoms with Crippen LogP contribution in [0.15, 0.2) is 30.6 Å². The van der Waals surface area contributed by atoms with Crippen LogP contribution >= 0.6 is 0 Å². The Morgan fingerprint density at radius 3 is 3.19 bits per heavy atom. The third kappa shape index (κ3) is 5.27. The van der Waals surface area contributed by atoms with Crippen molar-refractivity contribution in [1.82, 2.24) is 25.4 Å². The molecule has 0 saturated carbocycles. The fourth-order valence-electron chi connectivity index (χ4n) is 2.96. The summed E-state index contributed by atoms with van der Waals surface area (Å²) in [6, 6.07) is 5.69. The van der Waals surface area contributed by atoms with Crippen molar-refractivity contribution in [2.24, 2.45) is 0 Å². The fourth-order valence-corrected chi connectivity index (χ4v) is 2.96. The minimum Gasteiger partial charge on any atom is -0.378 e. The first-order valence-corrected chi connectivity index (χ1v) is 8.80. The van der Waals surface area contributed by atoms with Crippen LogP contribution in [0.1, 0.15) is 29.8 Å². The molecule has 8 heteroatoms. The van der Waals surface area contributed by atoms with Gasteiger partial charge in [-0.1, -0.05) is 6.07 Å². The van der Waals surface area contributed by atoms with Gasteiger partial charge >= 0.3 is 6.03 Å². The van der Waals surface area contributed by atoms with Crippen LogP contribution in [0.2, 0.25) is 0 Å². The molecule has 1 atom stereocenters. The number of H-pyrrole nitrogens is 1. The summed E-state index contributed by atoms with van der Waals surface area (Å²) >= 11 is 0. The smallest absolute Gasteiger partial charge is 0.317 e. The highest BCUT2D eigenvalue weighted by Crippen LogP contribution is 2.15. The maximum Gasteiger partial charge on any atom is 0.317 e. The van der Waals surface area contributed by atoms with E-state index in [0.717, 1.165) is 36.3 Å². The lowest BCUT2D eigenvalue weighted by atomic mass is 10.1. The molecule has 0 bridgehead atoms. The monoisotopic (exact) mass is 359 g/mol. The number of carbonyl (C=O) groups excluding carboxylic acids is 1. The molecule has 3 rings (SSSR count). The van der Waals surface area contributed by atoms with Gasteiger partial charge in [-0.15, -0.1) is 0 Å². The molecule has 2 amide bonds. The van der Waals surface area contributed by atoms with Crippen molar-refractivity contribution in [3.05, 3.63) is 47.5 Å². The fraction of sp³-hybridized carbons (Fsp3) is 0.500. The quantitative estimate of drug-likeness (QED) is 0.787. The number of ether oxygens (including phenoxy) is 2. The second kappa shape index (κ2) is 9.30. The van der Waals surface area contributed by atoms with Crippen LogP contribution in [0.3, 0.4) is 0 Å². The maximum absolute atomic E-state index is 12.4. The second-order valence-electron chi connectivity index (χ2n) is 6.36. The molecule has 0 spiro atoms. The lowest BCUT2D eigenvalue weighted by Crippen LogP contribution is -2.47. The molecule has 1 saturated heterocycles. The van der Waals surface area contributed by atoms with Crippen molar-refractivity contribution in [2.45, 2.75) is 38.7 Å². The van der Waals surface area contributed by atoms with Crippen molar-refractivity contribution < 1.29 is 14.3 Å². The number of amides is 2. The topological polar surface area (TPSA) is 92.4 Å². The van der Waals surface area contributed by atoms with E-state index in [1.54, 1.807) is 19.5 Å². The Kier molecular flexibility index (Phi) is 6.56. The largest absolute Gasteiger partial charge is 0.378 e. The van der Waals surface area contributed by atoms with E-state index in [1.807, 2.05) is 23.1 Å². The first kappa shape index (κ1) is 18.3. The molecule has 8 nitrogen and oxygen atoms in total. The summed E-state index contributed by atoms with van der Waals surface area (Å²) in [4.78, 5) is 18.3. The number of likely N-dealkylation sites (tertiary alicyclic amines) is 1. The number of hydrogen-bond donors (Lipinski definition) is 2. The van der Waals surface area contributed by atoms with Gasteiger partial charge in [0, 0.05) is 32.6 Å². The Balaban J connectivity index is 1.43. The predicted molar refractivity (Wildman–Crippen MR) is 95.2 cm³/mol. The molecule has 3 heterocycles. The summed E-state index contributed by atoms with van der Waals surface area (Å²) in [5.41, 5.74) is 2.71. The normalized spacial score (nSPS) is 17.3. The van der Waals surface area contributed by atoms with Crippen molar-refractivity contribution in [3.8, 4) is 0 Å². The highest BCUT2D eigenvalue weighted by molar-refractivity contribution is 5.74. The standard InChI is InChI=1S/C18H25N5O3/c1-25-13-16-8-15(21-22-16)10-20-18(24)23-7-3-5-17(11-23)26-12-14-4-2-6-19-9-14/h2,4,6,8-9,17H,3,5,7,10-13H2,1H3,(H,20,24)(H,21,22). The van der Waals surface area contributed by atoms with Gasteiger partial charge in [0.15, 0.2) is 0 Å². The molecule has 140 valence electrons. The molecule has 0 aromatic carbocycles. The minimum absolute atomic E-state index is 0.0511. The zero-order valence-electron chi connectivity index (χ0n) is 15.0. The second-order valence-corrected chi connectivity index (χ2v) is 6.36. The van der Waals surface area contributed by atoms with Crippen LogP contribution < -0.4 is 5.32 Å².